The van der Waals surface area contributed by atoms with Crippen molar-refractivity contribution in [2.45, 2.75) is 217 Å². The molecule has 6 heterocycles. The van der Waals surface area contributed by atoms with E-state index in [0.717, 1.165) is 20.8 Å². The second-order valence-electron chi connectivity index (χ2n) is 20.4. The molecule has 0 aromatic rings. The minimum absolute atomic E-state index is 0.762. The first-order chi connectivity index (χ1) is 38.6. The molecule has 474 valence electrons. The molecule has 0 aliphatic carbocycles. The van der Waals surface area contributed by atoms with Gasteiger partial charge in [0.05, 0.1) is 45.7 Å². The van der Waals surface area contributed by atoms with Crippen molar-refractivity contribution >= 4 is 23.7 Å². The fourth-order valence-corrected chi connectivity index (χ4v) is 10.4. The van der Waals surface area contributed by atoms with Gasteiger partial charge in [0, 0.05) is 27.2 Å². The van der Waals surface area contributed by atoms with E-state index in [9.17, 15) is 116 Å². The van der Waals surface area contributed by atoms with E-state index in [1.165, 1.54) is 0 Å². The van der Waals surface area contributed by atoms with E-state index in [2.05, 4.69) is 16.0 Å². The van der Waals surface area contributed by atoms with Crippen LogP contribution in [0.5, 0.6) is 0 Å². The highest BCUT2D eigenvalue weighted by Gasteiger charge is 2.62. The summed E-state index contributed by atoms with van der Waals surface area (Å²) in [5, 5.41) is 212. The smallest absolute Gasteiger partial charge is 0.364 e. The van der Waals surface area contributed by atoms with Crippen LogP contribution in [0.1, 0.15) is 27.2 Å². The van der Waals surface area contributed by atoms with Crippen molar-refractivity contribution in [1.82, 2.24) is 16.0 Å². The van der Waals surface area contributed by atoms with Gasteiger partial charge in [0.1, 0.15) is 146 Å². The van der Waals surface area contributed by atoms with Crippen molar-refractivity contribution in [2.75, 3.05) is 39.6 Å². The van der Waals surface area contributed by atoms with Gasteiger partial charge >= 0.3 is 5.97 Å². The minimum atomic E-state index is -3.38. The van der Waals surface area contributed by atoms with Gasteiger partial charge in [-0.25, -0.2) is 4.79 Å². The lowest BCUT2D eigenvalue weighted by molar-refractivity contribution is -0.397. The van der Waals surface area contributed by atoms with Gasteiger partial charge in [-0.3, -0.25) is 14.4 Å². The van der Waals surface area contributed by atoms with Crippen molar-refractivity contribution in [3.63, 3.8) is 0 Å². The number of ether oxygens (including phenoxy) is 11. The van der Waals surface area contributed by atoms with Gasteiger partial charge in [0.15, 0.2) is 31.5 Å². The Morgan fingerprint density at radius 2 is 0.915 bits per heavy atom. The van der Waals surface area contributed by atoms with Gasteiger partial charge in [-0.2, -0.15) is 0 Å². The lowest BCUT2D eigenvalue weighted by Gasteiger charge is -2.53. The summed E-state index contributed by atoms with van der Waals surface area (Å²) in [5.41, 5.74) is 0. The highest BCUT2D eigenvalue weighted by molar-refractivity contribution is 5.76. The Hall–Kier alpha value is -3.28. The Labute approximate surface area is 463 Å². The molecule has 37 nitrogen and oxygen atoms in total. The molecular weight excluding hydrogens is 1130 g/mol. The summed E-state index contributed by atoms with van der Waals surface area (Å²) < 4.78 is 63.9. The Kier molecular flexibility index (Phi) is 23.9. The Morgan fingerprint density at radius 3 is 1.48 bits per heavy atom. The summed E-state index contributed by atoms with van der Waals surface area (Å²) in [4.78, 5) is 51.2. The summed E-state index contributed by atoms with van der Waals surface area (Å²) in [5.74, 6) is -8.25. The number of nitrogens with one attached hydrogen (secondary N) is 3. The van der Waals surface area contributed by atoms with Crippen molar-refractivity contribution in [1.29, 1.82) is 0 Å². The van der Waals surface area contributed by atoms with Crippen LogP contribution in [-0.2, 0) is 71.3 Å². The fourth-order valence-electron chi connectivity index (χ4n) is 10.4. The lowest BCUT2D eigenvalue weighted by Crippen LogP contribution is -2.73. The molecule has 0 aromatic heterocycles. The largest absolute Gasteiger partial charge is 0.477 e. The van der Waals surface area contributed by atoms with E-state index in [0.29, 0.717) is 0 Å². The Balaban J connectivity index is 1.37. The average Bonchev–Trinajstić information content (AvgIpc) is 3.47. The predicted octanol–water partition coefficient (Wildman–Crippen LogP) is -14.5. The van der Waals surface area contributed by atoms with Gasteiger partial charge in [0.2, 0.25) is 17.7 Å². The third-order valence-corrected chi connectivity index (χ3v) is 14.6. The quantitative estimate of drug-likeness (QED) is 0.0479. The van der Waals surface area contributed by atoms with E-state index in [4.69, 9.17) is 52.1 Å². The van der Waals surface area contributed by atoms with Crippen LogP contribution >= 0.6 is 0 Å². The number of carbonyl (C=O) groups is 4. The molecule has 0 spiro atoms. The first kappa shape index (κ1) is 67.8. The van der Waals surface area contributed by atoms with E-state index in [1.807, 2.05) is 0 Å². The molecule has 0 bridgehead atoms. The summed E-state index contributed by atoms with van der Waals surface area (Å²) in [6.45, 7) is -3.73. The zero-order chi connectivity index (χ0) is 61.0. The standard InChI is InChI=1S/C45H75N3O34/c1-11(55)46-21-29(65)26(62)16(6-50)73-40(21)78-34-20(10-54)75-41(23(48-13(3)57)36(34)81-45(44(70)71)4-14(58)24(60)38(82-45)25(61)15(59)5-49)80-37-28(64)18(8-52)74-43(32(37)68)77-33-19(9-53)76-42(31(67)30(33)66)79-35-22(47-12(2)56)39(69)72-17(7-51)27(35)63/h14-43,49-54,58-69H,4-10H2,1-3H3,(H,46,55)(H,47,56)(H,48,57)(H,70,71)/t14-,15+,16+,17+,18+,19+,20+,21+,22+,23+,24+,25+,26-,27-,28-,29+,30+,31+,32+,33-,34-,35+,36+,37-,38+,39-,40-,41-,42-,43-,45+/m0/s1. The van der Waals surface area contributed by atoms with Gasteiger partial charge in [-0.05, 0) is 0 Å². The average molecular weight is 1200 g/mol. The second kappa shape index (κ2) is 28.9. The van der Waals surface area contributed by atoms with Crippen molar-refractivity contribution in [3.8, 4) is 0 Å². The highest BCUT2D eigenvalue weighted by atomic mass is 16.8. The van der Waals surface area contributed by atoms with E-state index >= 15 is 0 Å². The van der Waals surface area contributed by atoms with Crippen molar-refractivity contribution in [2.24, 2.45) is 0 Å². The summed E-state index contributed by atoms with van der Waals surface area (Å²) in [6.07, 6.45) is -57.5. The van der Waals surface area contributed by atoms with Crippen LogP contribution in [0.25, 0.3) is 0 Å². The fraction of sp³-hybridized carbons (Fsp3) is 0.911. The monoisotopic (exact) mass is 1200 g/mol. The van der Waals surface area contributed by atoms with Gasteiger partial charge in [0.25, 0.3) is 5.79 Å². The summed E-state index contributed by atoms with van der Waals surface area (Å²) in [7, 11) is 0. The maximum atomic E-state index is 13.5. The third-order valence-electron chi connectivity index (χ3n) is 14.6. The topological polar surface area (TPSA) is 590 Å². The van der Waals surface area contributed by atoms with Crippen LogP contribution in [0.15, 0.2) is 0 Å². The highest BCUT2D eigenvalue weighted by Crippen LogP contribution is 2.41. The second-order valence-corrected chi connectivity index (χ2v) is 20.4. The molecule has 3 amide bonds. The number of carbonyl (C=O) groups excluding carboxylic acids is 3. The SMILES string of the molecule is CC(=O)N[C@@H]1[C@@H](O[C@@H]2O[C@H](CO)[C@H](O[C@@H]3O[C@H](CO)[C@H](O)[C@H](O[C@@H]4O[C@H](CO)[C@H](O[C@@H]5O[C@H](CO)[C@H](O)[C@H](O)[C@H]5NC(C)=O)[C@H](O[C@]5(C(=O)O)C[C@H](O)[C@@H](O)[C@H]([C@H](O)[C@H](O)CO)O5)[C@H]4NC(C)=O)[C@H]3O)[C@H](O)[C@H]2O)[C@@H](O)[C@@H](CO)O[C@@H]1O. The van der Waals surface area contributed by atoms with Crippen LogP contribution in [-0.4, -0.2) is 350 Å². The van der Waals surface area contributed by atoms with Gasteiger partial charge in [-0.1, -0.05) is 0 Å². The predicted molar refractivity (Wildman–Crippen MR) is 251 cm³/mol. The lowest BCUT2D eigenvalue weighted by atomic mass is 9.89. The van der Waals surface area contributed by atoms with Crippen LogP contribution in [0.4, 0.5) is 0 Å². The maximum Gasteiger partial charge on any atom is 0.364 e. The molecule has 82 heavy (non-hydrogen) atoms. The molecule has 6 aliphatic heterocycles. The number of carboxylic acids is 1. The number of hydrogen-bond acceptors (Lipinski definition) is 33. The number of carboxylic acid groups (broad SMARTS) is 1. The molecule has 6 fully saturated rings. The first-order valence-corrected chi connectivity index (χ1v) is 25.7. The molecule has 22 N–H and O–H groups in total. The number of aliphatic hydroxyl groups excluding tert-OH is 18. The van der Waals surface area contributed by atoms with Crippen LogP contribution in [0.2, 0.25) is 0 Å². The van der Waals surface area contributed by atoms with Crippen LogP contribution in [0.3, 0.4) is 0 Å². The molecule has 31 atom stereocenters. The van der Waals surface area contributed by atoms with Crippen LogP contribution < -0.4 is 16.0 Å². The zero-order valence-corrected chi connectivity index (χ0v) is 43.9. The molecule has 6 rings (SSSR count). The normalized spacial score (nSPS) is 46.3. The van der Waals surface area contributed by atoms with E-state index < -0.39 is 259 Å². The molecule has 0 radical (unpaired) electrons. The van der Waals surface area contributed by atoms with Crippen molar-refractivity contribution in [3.05, 3.63) is 0 Å². The van der Waals surface area contributed by atoms with Crippen molar-refractivity contribution < 1.29 is 168 Å². The maximum absolute atomic E-state index is 13.5. The minimum Gasteiger partial charge on any atom is -0.477 e. The number of hydrogen-bond donors (Lipinski definition) is 22. The van der Waals surface area contributed by atoms with Gasteiger partial charge in [-0.15, -0.1) is 0 Å². The summed E-state index contributed by atoms with van der Waals surface area (Å²) >= 11 is 0. The molecule has 0 saturated carbocycles. The number of aliphatic hydroxyl groups is 18. The molecule has 6 saturated heterocycles. The molecule has 37 heteroatoms. The molecular formula is C45H75N3O34. The number of aliphatic carboxylic acids is 1. The molecule has 0 aromatic carbocycles. The van der Waals surface area contributed by atoms with E-state index in [-0.39, 0.29) is 0 Å². The molecule has 0 unspecified atom stereocenters. The Bertz CT molecular complexity index is 2090. The molecule has 6 aliphatic rings. The zero-order valence-electron chi connectivity index (χ0n) is 43.9. The third kappa shape index (κ3) is 14.6. The summed E-state index contributed by atoms with van der Waals surface area (Å²) in [6, 6.07) is -5.54. The first-order valence-electron chi connectivity index (χ1n) is 25.7. The van der Waals surface area contributed by atoms with Gasteiger partial charge < -0.3 is 165 Å². The number of rotatable bonds is 22. The van der Waals surface area contributed by atoms with Crippen LogP contribution in [0, 0.1) is 0 Å². The van der Waals surface area contributed by atoms with E-state index in [1.54, 1.807) is 0 Å². The Morgan fingerprint density at radius 1 is 0.476 bits per heavy atom. The number of amides is 3.